The highest BCUT2D eigenvalue weighted by molar-refractivity contribution is 7.99. The summed E-state index contributed by atoms with van der Waals surface area (Å²) in [6.45, 7) is 2.43. The molecule has 0 atom stereocenters. The molecule has 0 saturated carbocycles. The van der Waals surface area contributed by atoms with Crippen molar-refractivity contribution in [1.29, 1.82) is 0 Å². The molecule has 1 N–H and O–H groups in total. The minimum absolute atomic E-state index is 0.120. The third-order valence-corrected chi connectivity index (χ3v) is 6.07. The number of hydrogen-bond donors (Lipinski definition) is 1. The first-order valence-electron chi connectivity index (χ1n) is 8.99. The second-order valence-electron chi connectivity index (χ2n) is 6.57. The highest BCUT2D eigenvalue weighted by atomic mass is 35.5. The van der Waals surface area contributed by atoms with E-state index < -0.39 is 0 Å². The number of thioether (sulfide) groups is 1. The Hall–Kier alpha value is -2.84. The van der Waals surface area contributed by atoms with Gasteiger partial charge in [-0.3, -0.25) is 4.79 Å². The third-order valence-electron chi connectivity index (χ3n) is 4.64. The molecule has 0 bridgehead atoms. The van der Waals surface area contributed by atoms with Crippen LogP contribution in [0.4, 0.5) is 5.69 Å². The van der Waals surface area contributed by atoms with Crippen LogP contribution < -0.4 is 5.32 Å². The van der Waals surface area contributed by atoms with E-state index in [9.17, 15) is 4.79 Å². The van der Waals surface area contributed by atoms with Crippen molar-refractivity contribution in [3.63, 3.8) is 0 Å². The highest BCUT2D eigenvalue weighted by Gasteiger charge is 2.14. The van der Waals surface area contributed by atoms with E-state index in [2.05, 4.69) is 20.5 Å². The average Bonchev–Trinajstić information content (AvgIpc) is 3.28. The molecule has 0 fully saturated rings. The van der Waals surface area contributed by atoms with Gasteiger partial charge in [-0.25, -0.2) is 4.98 Å². The topological polar surface area (TPSA) is 77.6 Å². The predicted octanol–water partition coefficient (Wildman–Crippen LogP) is 3.91. The van der Waals surface area contributed by atoms with Crippen LogP contribution in [0.3, 0.4) is 0 Å². The van der Waals surface area contributed by atoms with Crippen LogP contribution in [0.1, 0.15) is 11.4 Å². The smallest absolute Gasteiger partial charge is 0.234 e. The first-order valence-corrected chi connectivity index (χ1v) is 10.3. The molecular weight excluding hydrogens is 408 g/mol. The highest BCUT2D eigenvalue weighted by Crippen LogP contribution is 2.24. The zero-order valence-electron chi connectivity index (χ0n) is 16.0. The normalized spacial score (nSPS) is 11.1. The van der Waals surface area contributed by atoms with Gasteiger partial charge in [0.1, 0.15) is 0 Å². The fourth-order valence-corrected chi connectivity index (χ4v) is 3.86. The van der Waals surface area contributed by atoms with E-state index in [1.54, 1.807) is 12.4 Å². The lowest BCUT2D eigenvalue weighted by Crippen LogP contribution is -2.15. The van der Waals surface area contributed by atoms with Crippen molar-refractivity contribution in [2.75, 3.05) is 11.1 Å². The number of halogens is 1. The number of nitrogens with zero attached hydrogens (tertiary/aromatic N) is 5. The van der Waals surface area contributed by atoms with Crippen LogP contribution in [0.25, 0.3) is 11.0 Å². The lowest BCUT2D eigenvalue weighted by Gasteiger charge is -2.09. The maximum atomic E-state index is 12.3. The van der Waals surface area contributed by atoms with Gasteiger partial charge in [0, 0.05) is 17.8 Å². The zero-order chi connectivity index (χ0) is 20.4. The van der Waals surface area contributed by atoms with Crippen LogP contribution in [0, 0.1) is 6.92 Å². The van der Waals surface area contributed by atoms with E-state index in [0.29, 0.717) is 22.4 Å². The Labute approximate surface area is 177 Å². The Morgan fingerprint density at radius 2 is 2.00 bits per heavy atom. The molecule has 0 radical (unpaired) electrons. The summed E-state index contributed by atoms with van der Waals surface area (Å²) in [5.74, 6) is 0.902. The largest absolute Gasteiger partial charge is 0.325 e. The quantitative estimate of drug-likeness (QED) is 0.473. The lowest BCUT2D eigenvalue weighted by atomic mass is 10.2. The van der Waals surface area contributed by atoms with Crippen LogP contribution >= 0.6 is 23.4 Å². The first-order chi connectivity index (χ1) is 14.0. The number of carbonyl (C=O) groups excluding carboxylic acids is 1. The molecule has 29 heavy (non-hydrogen) atoms. The maximum Gasteiger partial charge on any atom is 0.234 e. The van der Waals surface area contributed by atoms with E-state index in [1.165, 1.54) is 11.8 Å². The summed E-state index contributed by atoms with van der Waals surface area (Å²) in [6, 6.07) is 13.4. The molecule has 148 valence electrons. The number of amides is 1. The Kier molecular flexibility index (Phi) is 5.55. The molecule has 2 aromatic carbocycles. The molecule has 2 heterocycles. The van der Waals surface area contributed by atoms with Gasteiger partial charge in [-0.15, -0.1) is 10.2 Å². The fraction of sp³-hybridized carbons (Fsp3) is 0.200. The summed E-state index contributed by atoms with van der Waals surface area (Å²) in [6.07, 6.45) is 1.80. The van der Waals surface area contributed by atoms with E-state index in [4.69, 9.17) is 11.6 Å². The zero-order valence-corrected chi connectivity index (χ0v) is 17.5. The van der Waals surface area contributed by atoms with Gasteiger partial charge < -0.3 is 14.5 Å². The Morgan fingerprint density at radius 1 is 1.17 bits per heavy atom. The Bertz CT molecular complexity index is 1180. The molecule has 0 aliphatic carbocycles. The summed E-state index contributed by atoms with van der Waals surface area (Å²) in [7, 11) is 1.90. The number of fused-ring (bicyclic) bond motifs is 1. The number of para-hydroxylation sites is 2. The van der Waals surface area contributed by atoms with E-state index in [1.807, 2.05) is 59.5 Å². The van der Waals surface area contributed by atoms with E-state index in [-0.39, 0.29) is 11.7 Å². The van der Waals surface area contributed by atoms with Gasteiger partial charge in [0.2, 0.25) is 5.91 Å². The summed E-state index contributed by atoms with van der Waals surface area (Å²) < 4.78 is 3.93. The molecule has 0 spiro atoms. The van der Waals surface area contributed by atoms with Crippen molar-refractivity contribution in [2.45, 2.75) is 18.6 Å². The molecule has 0 aliphatic heterocycles. The average molecular weight is 427 g/mol. The van der Waals surface area contributed by atoms with Crippen LogP contribution in [0.2, 0.25) is 5.02 Å². The molecule has 1 amide bonds. The molecule has 9 heteroatoms. The summed E-state index contributed by atoms with van der Waals surface area (Å²) >= 11 is 7.44. The van der Waals surface area contributed by atoms with Gasteiger partial charge in [-0.1, -0.05) is 41.6 Å². The van der Waals surface area contributed by atoms with Crippen molar-refractivity contribution in [1.82, 2.24) is 24.3 Å². The minimum atomic E-state index is -0.120. The third kappa shape index (κ3) is 4.13. The Morgan fingerprint density at radius 3 is 2.86 bits per heavy atom. The number of aromatic nitrogens is 5. The number of nitrogens with one attached hydrogen (secondary N) is 1. The molecule has 4 rings (SSSR count). The summed E-state index contributed by atoms with van der Waals surface area (Å²) in [5.41, 5.74) is 3.55. The van der Waals surface area contributed by atoms with Crippen molar-refractivity contribution >= 4 is 46.0 Å². The summed E-state index contributed by atoms with van der Waals surface area (Å²) in [4.78, 5) is 16.7. The molecular formula is C20H19ClN6OS. The van der Waals surface area contributed by atoms with Gasteiger partial charge in [-0.05, 0) is 36.8 Å². The van der Waals surface area contributed by atoms with Crippen LogP contribution in [0.15, 0.2) is 53.9 Å². The molecule has 2 aromatic heterocycles. The molecule has 0 aliphatic rings. The number of rotatable bonds is 6. The van der Waals surface area contributed by atoms with Crippen LogP contribution in [-0.4, -0.2) is 36.0 Å². The van der Waals surface area contributed by atoms with E-state index in [0.717, 1.165) is 22.4 Å². The number of hydrogen-bond acceptors (Lipinski definition) is 5. The van der Waals surface area contributed by atoms with Gasteiger partial charge in [-0.2, -0.15) is 0 Å². The van der Waals surface area contributed by atoms with Crippen LogP contribution in [0.5, 0.6) is 0 Å². The summed E-state index contributed by atoms with van der Waals surface area (Å²) in [5, 5.41) is 12.7. The number of benzene rings is 2. The monoisotopic (exact) mass is 426 g/mol. The fourth-order valence-electron chi connectivity index (χ4n) is 2.96. The Balaban J connectivity index is 1.41. The molecule has 0 unspecified atom stereocenters. The molecule has 4 aromatic rings. The van der Waals surface area contributed by atoms with Crippen molar-refractivity contribution in [3.05, 3.63) is 65.2 Å². The van der Waals surface area contributed by atoms with Crippen molar-refractivity contribution in [2.24, 2.45) is 7.05 Å². The van der Waals surface area contributed by atoms with Crippen molar-refractivity contribution < 1.29 is 4.79 Å². The molecule has 0 saturated heterocycles. The van der Waals surface area contributed by atoms with Gasteiger partial charge in [0.15, 0.2) is 11.0 Å². The van der Waals surface area contributed by atoms with Crippen molar-refractivity contribution in [3.8, 4) is 0 Å². The minimum Gasteiger partial charge on any atom is -0.325 e. The predicted molar refractivity (Wildman–Crippen MR) is 115 cm³/mol. The van der Waals surface area contributed by atoms with Crippen LogP contribution in [-0.2, 0) is 18.4 Å². The van der Waals surface area contributed by atoms with Gasteiger partial charge in [0.25, 0.3) is 0 Å². The first kappa shape index (κ1) is 19.5. The standard InChI is InChI=1S/C20H19ClN6OS/c1-13-14(21)6-5-8-15(13)23-19(28)11-29-20-25-24-18(26(20)2)10-27-12-22-16-7-3-4-9-17(16)27/h3-9,12H,10-11H2,1-2H3,(H,23,28). The second kappa shape index (κ2) is 8.26. The van der Waals surface area contributed by atoms with Gasteiger partial charge in [0.05, 0.1) is 29.7 Å². The maximum absolute atomic E-state index is 12.3. The lowest BCUT2D eigenvalue weighted by molar-refractivity contribution is -0.113. The second-order valence-corrected chi connectivity index (χ2v) is 7.92. The van der Waals surface area contributed by atoms with E-state index >= 15 is 0 Å². The SMILES string of the molecule is Cc1c(Cl)cccc1NC(=O)CSc1nnc(Cn2cnc3ccccc32)n1C. The number of anilines is 1. The number of carbonyl (C=O) groups is 1. The number of imidazole rings is 1. The molecule has 7 nitrogen and oxygen atoms in total. The van der Waals surface area contributed by atoms with Gasteiger partial charge >= 0.3 is 0 Å².